The minimum absolute atomic E-state index is 0.789. The lowest BCUT2D eigenvalue weighted by molar-refractivity contribution is 0.474. The molecule has 0 saturated carbocycles. The van der Waals surface area contributed by atoms with Gasteiger partial charge >= 0.3 is 0 Å². The molecular formula is C13H25N3. The monoisotopic (exact) mass is 223 g/mol. The van der Waals surface area contributed by atoms with Gasteiger partial charge in [0.2, 0.25) is 0 Å². The van der Waals surface area contributed by atoms with Crippen LogP contribution in [0.4, 0.5) is 0 Å². The van der Waals surface area contributed by atoms with Crippen molar-refractivity contribution in [3.05, 3.63) is 18.0 Å². The Morgan fingerprint density at radius 1 is 1.44 bits per heavy atom. The first-order valence-corrected chi connectivity index (χ1v) is 6.45. The predicted molar refractivity (Wildman–Crippen MR) is 68.3 cm³/mol. The molecule has 0 atom stereocenters. The third kappa shape index (κ3) is 4.79. The molecule has 0 unspecified atom stereocenters. The van der Waals surface area contributed by atoms with E-state index in [0.717, 1.165) is 25.6 Å². The van der Waals surface area contributed by atoms with Crippen molar-refractivity contribution in [2.45, 2.75) is 53.1 Å². The number of nitrogens with one attached hydrogen (secondary N) is 1. The van der Waals surface area contributed by atoms with Crippen LogP contribution in [0.25, 0.3) is 0 Å². The van der Waals surface area contributed by atoms with Crippen LogP contribution < -0.4 is 5.32 Å². The molecule has 1 aromatic heterocycles. The van der Waals surface area contributed by atoms with Gasteiger partial charge in [0.1, 0.15) is 0 Å². The van der Waals surface area contributed by atoms with Crippen LogP contribution in [0.5, 0.6) is 0 Å². The number of hydrogen-bond acceptors (Lipinski definition) is 2. The highest BCUT2D eigenvalue weighted by Crippen LogP contribution is 2.07. The van der Waals surface area contributed by atoms with Crippen molar-refractivity contribution in [3.63, 3.8) is 0 Å². The standard InChI is InChI=1S/C13H25N3/c1-4-8-14-11-13-7-9-15-16(13)10-5-6-12(2)3/h7,9,12,14H,4-6,8,10-11H2,1-3H3. The van der Waals surface area contributed by atoms with Gasteiger partial charge in [-0.15, -0.1) is 0 Å². The molecular weight excluding hydrogens is 198 g/mol. The second-order valence-corrected chi connectivity index (χ2v) is 4.76. The third-order valence-electron chi connectivity index (χ3n) is 2.69. The molecule has 0 saturated heterocycles. The van der Waals surface area contributed by atoms with E-state index in [1.54, 1.807) is 0 Å². The first-order chi connectivity index (χ1) is 7.74. The molecule has 0 amide bonds. The number of aryl methyl sites for hydroxylation is 1. The average Bonchev–Trinajstić information content (AvgIpc) is 2.66. The topological polar surface area (TPSA) is 29.9 Å². The number of aromatic nitrogens is 2. The largest absolute Gasteiger partial charge is 0.311 e. The Morgan fingerprint density at radius 2 is 2.25 bits per heavy atom. The molecule has 0 bridgehead atoms. The molecule has 0 aliphatic heterocycles. The summed E-state index contributed by atoms with van der Waals surface area (Å²) >= 11 is 0. The van der Waals surface area contributed by atoms with Crippen LogP contribution in [0.3, 0.4) is 0 Å². The van der Waals surface area contributed by atoms with Crippen LogP contribution in [0.2, 0.25) is 0 Å². The Bertz CT molecular complexity index is 278. The zero-order valence-corrected chi connectivity index (χ0v) is 10.9. The van der Waals surface area contributed by atoms with Gasteiger partial charge in [0, 0.05) is 19.3 Å². The third-order valence-corrected chi connectivity index (χ3v) is 2.69. The van der Waals surface area contributed by atoms with Crippen molar-refractivity contribution in [2.75, 3.05) is 6.54 Å². The van der Waals surface area contributed by atoms with Crippen LogP contribution >= 0.6 is 0 Å². The Balaban J connectivity index is 2.32. The maximum atomic E-state index is 4.37. The second kappa shape index (κ2) is 7.44. The Morgan fingerprint density at radius 3 is 2.94 bits per heavy atom. The van der Waals surface area contributed by atoms with Crippen LogP contribution in [-0.4, -0.2) is 16.3 Å². The minimum atomic E-state index is 0.789. The maximum absolute atomic E-state index is 4.37. The maximum Gasteiger partial charge on any atom is 0.0522 e. The molecule has 3 heteroatoms. The molecule has 0 radical (unpaired) electrons. The molecule has 0 spiro atoms. The smallest absolute Gasteiger partial charge is 0.0522 e. The summed E-state index contributed by atoms with van der Waals surface area (Å²) in [4.78, 5) is 0. The van der Waals surface area contributed by atoms with Gasteiger partial charge < -0.3 is 5.32 Å². The van der Waals surface area contributed by atoms with Crippen molar-refractivity contribution < 1.29 is 0 Å². The summed E-state index contributed by atoms with van der Waals surface area (Å²) in [6, 6.07) is 2.11. The van der Waals surface area contributed by atoms with Crippen LogP contribution in [0.15, 0.2) is 12.3 Å². The summed E-state index contributed by atoms with van der Waals surface area (Å²) in [7, 11) is 0. The van der Waals surface area contributed by atoms with Crippen LogP contribution in [0.1, 0.15) is 45.7 Å². The van der Waals surface area contributed by atoms with Gasteiger partial charge in [-0.2, -0.15) is 5.10 Å². The van der Waals surface area contributed by atoms with E-state index >= 15 is 0 Å². The summed E-state index contributed by atoms with van der Waals surface area (Å²) < 4.78 is 2.13. The van der Waals surface area contributed by atoms with Crippen molar-refractivity contribution in [3.8, 4) is 0 Å². The Kier molecular flexibility index (Phi) is 6.16. The number of nitrogens with zero attached hydrogens (tertiary/aromatic N) is 2. The lowest BCUT2D eigenvalue weighted by atomic mass is 10.1. The lowest BCUT2D eigenvalue weighted by Gasteiger charge is -2.09. The molecule has 92 valence electrons. The summed E-state index contributed by atoms with van der Waals surface area (Å²) in [6.07, 6.45) is 5.58. The fourth-order valence-corrected chi connectivity index (χ4v) is 1.75. The van der Waals surface area contributed by atoms with E-state index in [1.165, 1.54) is 25.0 Å². The first-order valence-electron chi connectivity index (χ1n) is 6.45. The highest BCUT2D eigenvalue weighted by atomic mass is 15.3. The van der Waals surface area contributed by atoms with Crippen LogP contribution in [-0.2, 0) is 13.1 Å². The molecule has 0 fully saturated rings. The summed E-state index contributed by atoms with van der Waals surface area (Å²) in [6.45, 7) is 9.80. The number of rotatable bonds is 8. The Labute approximate surface area is 99.2 Å². The van der Waals surface area contributed by atoms with E-state index in [9.17, 15) is 0 Å². The fourth-order valence-electron chi connectivity index (χ4n) is 1.75. The summed E-state index contributed by atoms with van der Waals surface area (Å²) in [5.74, 6) is 0.789. The van der Waals surface area contributed by atoms with Crippen molar-refractivity contribution in [2.24, 2.45) is 5.92 Å². The summed E-state index contributed by atoms with van der Waals surface area (Å²) in [5.41, 5.74) is 1.30. The van der Waals surface area contributed by atoms with E-state index in [-0.39, 0.29) is 0 Å². The van der Waals surface area contributed by atoms with Gasteiger partial charge in [-0.25, -0.2) is 0 Å². The van der Waals surface area contributed by atoms with Gasteiger partial charge in [-0.05, 0) is 37.8 Å². The fraction of sp³-hybridized carbons (Fsp3) is 0.769. The highest BCUT2D eigenvalue weighted by Gasteiger charge is 2.02. The van der Waals surface area contributed by atoms with Gasteiger partial charge in [0.05, 0.1) is 5.69 Å². The van der Waals surface area contributed by atoms with Gasteiger partial charge in [-0.3, -0.25) is 4.68 Å². The Hall–Kier alpha value is -0.830. The van der Waals surface area contributed by atoms with Gasteiger partial charge in [0.15, 0.2) is 0 Å². The minimum Gasteiger partial charge on any atom is -0.311 e. The lowest BCUT2D eigenvalue weighted by Crippen LogP contribution is -2.17. The van der Waals surface area contributed by atoms with Crippen LogP contribution in [0, 0.1) is 5.92 Å². The van der Waals surface area contributed by atoms with E-state index in [2.05, 4.69) is 41.9 Å². The van der Waals surface area contributed by atoms with Crippen molar-refractivity contribution in [1.82, 2.24) is 15.1 Å². The SMILES string of the molecule is CCCNCc1ccnn1CCCC(C)C. The molecule has 0 aliphatic carbocycles. The predicted octanol–water partition coefficient (Wildman–Crippen LogP) is 2.82. The zero-order chi connectivity index (χ0) is 11.8. The molecule has 1 aromatic rings. The van der Waals surface area contributed by atoms with E-state index < -0.39 is 0 Å². The van der Waals surface area contributed by atoms with Crippen molar-refractivity contribution in [1.29, 1.82) is 0 Å². The molecule has 1 heterocycles. The molecule has 1 rings (SSSR count). The van der Waals surface area contributed by atoms with E-state index in [4.69, 9.17) is 0 Å². The highest BCUT2D eigenvalue weighted by molar-refractivity contribution is 4.99. The van der Waals surface area contributed by atoms with E-state index in [1.807, 2.05) is 6.20 Å². The second-order valence-electron chi connectivity index (χ2n) is 4.76. The first kappa shape index (κ1) is 13.2. The molecule has 16 heavy (non-hydrogen) atoms. The van der Waals surface area contributed by atoms with Gasteiger partial charge in [0.25, 0.3) is 0 Å². The van der Waals surface area contributed by atoms with E-state index in [0.29, 0.717) is 0 Å². The number of hydrogen-bond donors (Lipinski definition) is 1. The molecule has 0 aliphatic rings. The molecule has 3 nitrogen and oxygen atoms in total. The van der Waals surface area contributed by atoms with Gasteiger partial charge in [-0.1, -0.05) is 20.8 Å². The molecule has 1 N–H and O–H groups in total. The van der Waals surface area contributed by atoms with Crippen molar-refractivity contribution >= 4 is 0 Å². The zero-order valence-electron chi connectivity index (χ0n) is 10.9. The average molecular weight is 223 g/mol. The normalized spacial score (nSPS) is 11.2. The molecule has 0 aromatic carbocycles. The summed E-state index contributed by atoms with van der Waals surface area (Å²) in [5, 5.41) is 7.78. The quantitative estimate of drug-likeness (QED) is 0.687.